The fraction of sp³-hybridized carbons (Fsp3) is 0.250. The van der Waals surface area contributed by atoms with E-state index in [9.17, 15) is 0 Å². The molecule has 1 heterocycles. The molecule has 1 aromatic carbocycles. The van der Waals surface area contributed by atoms with Crippen LogP contribution in [0.4, 0.5) is 5.69 Å². The van der Waals surface area contributed by atoms with E-state index in [-0.39, 0.29) is 24.0 Å². The summed E-state index contributed by atoms with van der Waals surface area (Å²) in [5, 5.41) is 3.10. The number of guanidine groups is 1. The van der Waals surface area contributed by atoms with Crippen LogP contribution in [0.3, 0.4) is 0 Å². The standard InChI is InChI=1S/C16H20N4.HI/c1-12-6-7-15(11-13(12)2)20-16(17)19-10-8-14-5-3-4-9-18-14;/h3-7,9,11H,8,10H2,1-2H3,(H3,17,19,20);1H. The molecule has 3 N–H and O–H groups in total. The third-order valence-corrected chi connectivity index (χ3v) is 3.16. The fourth-order valence-corrected chi connectivity index (χ4v) is 1.84. The molecule has 112 valence electrons. The second-order valence-electron chi connectivity index (χ2n) is 4.76. The number of nitrogens with two attached hydrogens (primary N) is 1. The summed E-state index contributed by atoms with van der Waals surface area (Å²) in [6.07, 6.45) is 2.58. The van der Waals surface area contributed by atoms with Gasteiger partial charge in [0, 0.05) is 30.5 Å². The highest BCUT2D eigenvalue weighted by Gasteiger charge is 1.98. The van der Waals surface area contributed by atoms with Crippen molar-refractivity contribution in [2.45, 2.75) is 20.3 Å². The molecular weight excluding hydrogens is 375 g/mol. The molecule has 2 aromatic rings. The molecule has 2 rings (SSSR count). The largest absolute Gasteiger partial charge is 0.370 e. The number of aliphatic imine (C=N–C) groups is 1. The number of halogens is 1. The minimum atomic E-state index is 0. The molecule has 0 saturated heterocycles. The number of aryl methyl sites for hydroxylation is 2. The Morgan fingerprint density at radius 3 is 2.67 bits per heavy atom. The third-order valence-electron chi connectivity index (χ3n) is 3.16. The quantitative estimate of drug-likeness (QED) is 0.474. The van der Waals surface area contributed by atoms with Gasteiger partial charge in [-0.15, -0.1) is 24.0 Å². The van der Waals surface area contributed by atoms with Crippen molar-refractivity contribution in [1.82, 2.24) is 4.98 Å². The predicted octanol–water partition coefficient (Wildman–Crippen LogP) is 3.29. The first-order chi connectivity index (χ1) is 9.65. The molecule has 0 radical (unpaired) electrons. The van der Waals surface area contributed by atoms with Crippen molar-refractivity contribution in [3.05, 3.63) is 59.4 Å². The van der Waals surface area contributed by atoms with Crippen LogP contribution in [0.5, 0.6) is 0 Å². The monoisotopic (exact) mass is 396 g/mol. The molecule has 0 atom stereocenters. The Morgan fingerprint density at radius 2 is 2.00 bits per heavy atom. The lowest BCUT2D eigenvalue weighted by molar-refractivity contribution is 0.921. The minimum absolute atomic E-state index is 0. The summed E-state index contributed by atoms with van der Waals surface area (Å²) in [6.45, 7) is 4.79. The first-order valence-electron chi connectivity index (χ1n) is 6.69. The fourth-order valence-electron chi connectivity index (χ4n) is 1.84. The van der Waals surface area contributed by atoms with E-state index in [1.54, 1.807) is 6.20 Å². The highest BCUT2D eigenvalue weighted by Crippen LogP contribution is 2.13. The molecule has 5 heteroatoms. The van der Waals surface area contributed by atoms with Gasteiger partial charge in [0.05, 0.1) is 0 Å². The van der Waals surface area contributed by atoms with Gasteiger partial charge in [-0.2, -0.15) is 0 Å². The van der Waals surface area contributed by atoms with Gasteiger partial charge in [-0.1, -0.05) is 12.1 Å². The number of nitrogens with zero attached hydrogens (tertiary/aromatic N) is 2. The average molecular weight is 396 g/mol. The first kappa shape index (κ1) is 17.4. The number of aromatic nitrogens is 1. The van der Waals surface area contributed by atoms with Crippen LogP contribution < -0.4 is 11.1 Å². The number of nitrogens with one attached hydrogen (secondary N) is 1. The van der Waals surface area contributed by atoms with Crippen LogP contribution in [0.15, 0.2) is 47.6 Å². The molecule has 0 spiro atoms. The summed E-state index contributed by atoms with van der Waals surface area (Å²) in [5.74, 6) is 0.434. The topological polar surface area (TPSA) is 63.3 Å². The number of pyridine rings is 1. The summed E-state index contributed by atoms with van der Waals surface area (Å²) >= 11 is 0. The summed E-state index contributed by atoms with van der Waals surface area (Å²) in [4.78, 5) is 8.56. The van der Waals surface area contributed by atoms with Crippen molar-refractivity contribution in [3.63, 3.8) is 0 Å². The van der Waals surface area contributed by atoms with Crippen LogP contribution in [0.2, 0.25) is 0 Å². The number of hydrogen-bond acceptors (Lipinski definition) is 2. The molecule has 0 aliphatic rings. The SMILES string of the molecule is Cc1ccc(NC(N)=NCCc2ccccn2)cc1C.I. The molecule has 0 aliphatic carbocycles. The van der Waals surface area contributed by atoms with Crippen molar-refractivity contribution < 1.29 is 0 Å². The molecule has 21 heavy (non-hydrogen) atoms. The van der Waals surface area contributed by atoms with Crippen molar-refractivity contribution in [2.75, 3.05) is 11.9 Å². The van der Waals surface area contributed by atoms with Crippen LogP contribution in [0.1, 0.15) is 16.8 Å². The minimum Gasteiger partial charge on any atom is -0.370 e. The molecule has 0 unspecified atom stereocenters. The zero-order valence-electron chi connectivity index (χ0n) is 12.3. The highest BCUT2D eigenvalue weighted by molar-refractivity contribution is 14.0. The van der Waals surface area contributed by atoms with E-state index in [1.165, 1.54) is 11.1 Å². The van der Waals surface area contributed by atoms with E-state index < -0.39 is 0 Å². The van der Waals surface area contributed by atoms with Gasteiger partial charge < -0.3 is 11.1 Å². The zero-order chi connectivity index (χ0) is 14.4. The van der Waals surface area contributed by atoms with Gasteiger partial charge in [0.15, 0.2) is 5.96 Å². The lowest BCUT2D eigenvalue weighted by Gasteiger charge is -2.08. The first-order valence-corrected chi connectivity index (χ1v) is 6.69. The van der Waals surface area contributed by atoms with Gasteiger partial charge >= 0.3 is 0 Å². The molecular formula is C16H21IN4. The van der Waals surface area contributed by atoms with Gasteiger partial charge in [-0.25, -0.2) is 0 Å². The second-order valence-corrected chi connectivity index (χ2v) is 4.76. The summed E-state index contributed by atoms with van der Waals surface area (Å²) in [6, 6.07) is 12.0. The number of rotatable bonds is 4. The van der Waals surface area contributed by atoms with Crippen molar-refractivity contribution in [2.24, 2.45) is 10.7 Å². The molecule has 0 fully saturated rings. The van der Waals surface area contributed by atoms with E-state index in [0.717, 1.165) is 17.8 Å². The van der Waals surface area contributed by atoms with Gasteiger partial charge in [-0.05, 0) is 49.2 Å². The van der Waals surface area contributed by atoms with Crippen molar-refractivity contribution in [3.8, 4) is 0 Å². The molecule has 0 bridgehead atoms. The Labute approximate surface area is 142 Å². The smallest absolute Gasteiger partial charge is 0.193 e. The lowest BCUT2D eigenvalue weighted by Crippen LogP contribution is -2.23. The lowest BCUT2D eigenvalue weighted by atomic mass is 10.1. The van der Waals surface area contributed by atoms with Crippen molar-refractivity contribution in [1.29, 1.82) is 0 Å². The normalized spacial score (nSPS) is 10.9. The van der Waals surface area contributed by atoms with E-state index in [0.29, 0.717) is 12.5 Å². The number of benzene rings is 1. The Hall–Kier alpha value is -1.63. The predicted molar refractivity (Wildman–Crippen MR) is 99.4 cm³/mol. The maximum Gasteiger partial charge on any atom is 0.193 e. The van der Waals surface area contributed by atoms with E-state index >= 15 is 0 Å². The highest BCUT2D eigenvalue weighted by atomic mass is 127. The molecule has 0 saturated carbocycles. The van der Waals surface area contributed by atoms with Crippen LogP contribution >= 0.6 is 24.0 Å². The van der Waals surface area contributed by atoms with E-state index in [2.05, 4.69) is 41.3 Å². The second kappa shape index (κ2) is 8.61. The van der Waals surface area contributed by atoms with Gasteiger partial charge in [-0.3, -0.25) is 9.98 Å². The van der Waals surface area contributed by atoms with E-state index in [4.69, 9.17) is 5.73 Å². The molecule has 4 nitrogen and oxygen atoms in total. The van der Waals surface area contributed by atoms with Crippen LogP contribution in [0.25, 0.3) is 0 Å². The van der Waals surface area contributed by atoms with Crippen molar-refractivity contribution >= 4 is 35.6 Å². The molecule has 1 aromatic heterocycles. The van der Waals surface area contributed by atoms with Gasteiger partial charge in [0.25, 0.3) is 0 Å². The maximum atomic E-state index is 5.88. The maximum absolute atomic E-state index is 5.88. The number of hydrogen-bond donors (Lipinski definition) is 2. The van der Waals surface area contributed by atoms with Crippen LogP contribution in [-0.4, -0.2) is 17.5 Å². The Kier molecular flexibility index (Phi) is 7.14. The zero-order valence-corrected chi connectivity index (χ0v) is 14.7. The Morgan fingerprint density at radius 1 is 1.19 bits per heavy atom. The van der Waals surface area contributed by atoms with Crippen LogP contribution in [-0.2, 0) is 6.42 Å². The summed E-state index contributed by atoms with van der Waals surface area (Å²) in [5.41, 5.74) is 10.4. The Bertz CT molecular complexity index is 596. The van der Waals surface area contributed by atoms with Gasteiger partial charge in [0.2, 0.25) is 0 Å². The summed E-state index contributed by atoms with van der Waals surface area (Å²) in [7, 11) is 0. The van der Waals surface area contributed by atoms with Gasteiger partial charge in [0.1, 0.15) is 0 Å². The number of anilines is 1. The average Bonchev–Trinajstić information content (AvgIpc) is 2.44. The third kappa shape index (κ3) is 5.71. The molecule has 0 aliphatic heterocycles. The Balaban J connectivity index is 0.00000220. The summed E-state index contributed by atoms with van der Waals surface area (Å²) < 4.78 is 0. The molecule has 0 amide bonds. The van der Waals surface area contributed by atoms with E-state index in [1.807, 2.05) is 24.3 Å². The van der Waals surface area contributed by atoms with Crippen LogP contribution in [0, 0.1) is 13.8 Å².